The Morgan fingerprint density at radius 2 is 1.89 bits per heavy atom. The number of carbonyl (C=O) groups excluding carboxylic acids is 1. The second kappa shape index (κ2) is 7.72. The first-order chi connectivity index (χ1) is 13.2. The molecule has 6 heteroatoms. The van der Waals surface area contributed by atoms with Crippen LogP contribution in [0.5, 0.6) is 0 Å². The Labute approximate surface area is 158 Å². The van der Waals surface area contributed by atoms with Crippen LogP contribution in [0, 0.1) is 5.92 Å². The first kappa shape index (κ1) is 17.4. The number of amides is 1. The first-order valence-corrected chi connectivity index (χ1v) is 9.19. The number of rotatable bonds is 4. The molecular weight excluding hydrogens is 340 g/mol. The molecule has 0 bridgehead atoms. The van der Waals surface area contributed by atoms with Gasteiger partial charge in [-0.25, -0.2) is 9.97 Å². The summed E-state index contributed by atoms with van der Waals surface area (Å²) >= 11 is 0. The van der Waals surface area contributed by atoms with Crippen molar-refractivity contribution in [1.82, 2.24) is 19.4 Å². The molecule has 1 aliphatic rings. The zero-order valence-corrected chi connectivity index (χ0v) is 15.0. The third-order valence-corrected chi connectivity index (χ3v) is 5.18. The minimum atomic E-state index is -0.475. The highest BCUT2D eigenvalue weighted by Crippen LogP contribution is 2.31. The number of nitrogens with zero attached hydrogens (tertiary/aromatic N) is 4. The number of piperidine rings is 1. The number of carbonyl (C=O) groups is 1. The summed E-state index contributed by atoms with van der Waals surface area (Å²) in [7, 11) is 0. The summed E-state index contributed by atoms with van der Waals surface area (Å²) in [5, 5.41) is 10.6. The van der Waals surface area contributed by atoms with Gasteiger partial charge in [0.2, 0.25) is 0 Å². The maximum Gasteiger partial charge on any atom is 0.254 e. The van der Waals surface area contributed by atoms with Gasteiger partial charge in [-0.2, -0.15) is 0 Å². The molecule has 1 saturated heterocycles. The number of hydrogen-bond acceptors (Lipinski definition) is 4. The third kappa shape index (κ3) is 3.75. The topological polar surface area (TPSA) is 71.2 Å². The molecule has 1 atom stereocenters. The van der Waals surface area contributed by atoms with Crippen molar-refractivity contribution in [3.05, 3.63) is 78.5 Å². The van der Waals surface area contributed by atoms with Crippen LogP contribution in [-0.4, -0.2) is 43.5 Å². The summed E-state index contributed by atoms with van der Waals surface area (Å²) in [5.41, 5.74) is 1.57. The smallest absolute Gasteiger partial charge is 0.254 e. The van der Waals surface area contributed by atoms with E-state index in [-0.39, 0.29) is 11.8 Å². The molecule has 1 aromatic carbocycles. The maximum absolute atomic E-state index is 12.9. The van der Waals surface area contributed by atoms with Gasteiger partial charge in [0.15, 0.2) is 0 Å². The van der Waals surface area contributed by atoms with Gasteiger partial charge in [-0.3, -0.25) is 9.36 Å². The monoisotopic (exact) mass is 362 g/mol. The van der Waals surface area contributed by atoms with Crippen molar-refractivity contribution in [2.45, 2.75) is 18.9 Å². The van der Waals surface area contributed by atoms with Gasteiger partial charge in [-0.1, -0.05) is 30.3 Å². The Morgan fingerprint density at radius 3 is 2.59 bits per heavy atom. The number of imidazole rings is 1. The number of pyridine rings is 1. The van der Waals surface area contributed by atoms with Crippen molar-refractivity contribution < 1.29 is 9.90 Å². The molecule has 3 aromatic rings. The second-order valence-corrected chi connectivity index (χ2v) is 6.86. The highest BCUT2D eigenvalue weighted by Gasteiger charge is 2.28. The van der Waals surface area contributed by atoms with Gasteiger partial charge in [0, 0.05) is 37.2 Å². The van der Waals surface area contributed by atoms with Gasteiger partial charge in [0.1, 0.15) is 12.1 Å². The van der Waals surface area contributed by atoms with Crippen molar-refractivity contribution in [3.8, 4) is 5.82 Å². The van der Waals surface area contributed by atoms with Crippen molar-refractivity contribution in [2.75, 3.05) is 13.1 Å². The van der Waals surface area contributed by atoms with E-state index in [0.717, 1.165) is 18.4 Å². The van der Waals surface area contributed by atoms with E-state index in [1.165, 1.54) is 0 Å². The molecule has 1 N–H and O–H groups in total. The number of hydrogen-bond donors (Lipinski definition) is 1. The Morgan fingerprint density at radius 1 is 1.11 bits per heavy atom. The van der Waals surface area contributed by atoms with Crippen LogP contribution in [-0.2, 0) is 0 Å². The zero-order chi connectivity index (χ0) is 18.6. The summed E-state index contributed by atoms with van der Waals surface area (Å²) in [6.07, 6.45) is 7.90. The van der Waals surface area contributed by atoms with E-state index in [2.05, 4.69) is 9.97 Å². The van der Waals surface area contributed by atoms with Crippen molar-refractivity contribution >= 4 is 5.91 Å². The molecule has 0 spiro atoms. The third-order valence-electron chi connectivity index (χ3n) is 5.18. The molecule has 138 valence electrons. The lowest BCUT2D eigenvalue weighted by Gasteiger charge is -2.34. The summed E-state index contributed by atoms with van der Waals surface area (Å²) in [5.74, 6) is 0.856. The average molecular weight is 362 g/mol. The Balaban J connectivity index is 1.41. The molecule has 0 aliphatic carbocycles. The number of aliphatic hydroxyl groups excluding tert-OH is 1. The average Bonchev–Trinajstić information content (AvgIpc) is 3.29. The Bertz CT molecular complexity index is 888. The largest absolute Gasteiger partial charge is 0.388 e. The van der Waals surface area contributed by atoms with Gasteiger partial charge in [-0.05, 0) is 36.5 Å². The molecular formula is C21H22N4O2. The van der Waals surface area contributed by atoms with E-state index in [1.807, 2.05) is 35.2 Å². The van der Waals surface area contributed by atoms with Gasteiger partial charge in [0.25, 0.3) is 5.91 Å². The molecule has 1 aliphatic heterocycles. The Kier molecular flexibility index (Phi) is 4.98. The number of benzene rings is 1. The van der Waals surface area contributed by atoms with Crippen LogP contribution in [0.4, 0.5) is 0 Å². The van der Waals surface area contributed by atoms with Crippen LogP contribution in [0.1, 0.15) is 34.9 Å². The van der Waals surface area contributed by atoms with Gasteiger partial charge >= 0.3 is 0 Å². The van der Waals surface area contributed by atoms with E-state index in [1.54, 1.807) is 41.6 Å². The zero-order valence-electron chi connectivity index (χ0n) is 15.0. The fraction of sp³-hybridized carbons (Fsp3) is 0.286. The van der Waals surface area contributed by atoms with E-state index in [4.69, 9.17) is 0 Å². The van der Waals surface area contributed by atoms with Crippen LogP contribution >= 0.6 is 0 Å². The van der Waals surface area contributed by atoms with Gasteiger partial charge in [0.05, 0.1) is 6.10 Å². The molecule has 2 aromatic heterocycles. The molecule has 0 radical (unpaired) electrons. The van der Waals surface area contributed by atoms with Crippen molar-refractivity contribution in [3.63, 3.8) is 0 Å². The summed E-state index contributed by atoms with van der Waals surface area (Å²) in [6, 6.07) is 13.3. The second-order valence-electron chi connectivity index (χ2n) is 6.86. The predicted octanol–water partition coefficient (Wildman–Crippen LogP) is 2.85. The highest BCUT2D eigenvalue weighted by atomic mass is 16.3. The molecule has 27 heavy (non-hydrogen) atoms. The molecule has 1 amide bonds. The highest BCUT2D eigenvalue weighted by molar-refractivity contribution is 5.94. The molecule has 4 rings (SSSR count). The molecule has 0 saturated carbocycles. The lowest BCUT2D eigenvalue weighted by molar-refractivity contribution is 0.0462. The fourth-order valence-electron chi connectivity index (χ4n) is 3.61. The number of aromatic nitrogens is 3. The number of likely N-dealkylation sites (tertiary alicyclic amines) is 1. The van der Waals surface area contributed by atoms with Gasteiger partial charge < -0.3 is 10.0 Å². The lowest BCUT2D eigenvalue weighted by atomic mass is 9.87. The standard InChI is InChI=1S/C21H22N4O2/c26-20(16-4-2-1-3-5-16)17-7-11-24(12-8-17)21(27)18-6-9-23-19(14-18)25-13-10-22-15-25/h1-6,9-10,13-15,17,20,26H,7-8,11-12H2. The van der Waals surface area contributed by atoms with Gasteiger partial charge in [-0.15, -0.1) is 0 Å². The Hall–Kier alpha value is -2.99. The molecule has 6 nitrogen and oxygen atoms in total. The van der Waals surface area contributed by atoms with Crippen molar-refractivity contribution in [1.29, 1.82) is 0 Å². The van der Waals surface area contributed by atoms with Crippen LogP contribution < -0.4 is 0 Å². The summed E-state index contributed by atoms with van der Waals surface area (Å²) < 4.78 is 1.78. The van der Waals surface area contributed by atoms with E-state index in [0.29, 0.717) is 24.5 Å². The summed E-state index contributed by atoms with van der Waals surface area (Å²) in [6.45, 7) is 1.30. The van der Waals surface area contributed by atoms with E-state index >= 15 is 0 Å². The van der Waals surface area contributed by atoms with Crippen LogP contribution in [0.25, 0.3) is 5.82 Å². The van der Waals surface area contributed by atoms with Crippen LogP contribution in [0.3, 0.4) is 0 Å². The summed E-state index contributed by atoms with van der Waals surface area (Å²) in [4.78, 5) is 23.1. The SMILES string of the molecule is O=C(c1ccnc(-n2ccnc2)c1)N1CCC(C(O)c2ccccc2)CC1. The maximum atomic E-state index is 12.9. The molecule has 3 heterocycles. The normalized spacial score (nSPS) is 16.3. The van der Waals surface area contributed by atoms with Crippen LogP contribution in [0.15, 0.2) is 67.4 Å². The molecule has 1 unspecified atom stereocenters. The van der Waals surface area contributed by atoms with Crippen molar-refractivity contribution in [2.24, 2.45) is 5.92 Å². The fourth-order valence-corrected chi connectivity index (χ4v) is 3.61. The van der Waals surface area contributed by atoms with E-state index in [9.17, 15) is 9.90 Å². The minimum absolute atomic E-state index is 0.00594. The lowest BCUT2D eigenvalue weighted by Crippen LogP contribution is -2.39. The molecule has 1 fully saturated rings. The number of aliphatic hydroxyl groups is 1. The van der Waals surface area contributed by atoms with Crippen LogP contribution in [0.2, 0.25) is 0 Å². The van der Waals surface area contributed by atoms with E-state index < -0.39 is 6.10 Å². The predicted molar refractivity (Wildman–Crippen MR) is 101 cm³/mol. The minimum Gasteiger partial charge on any atom is -0.388 e. The quantitative estimate of drug-likeness (QED) is 0.775. The first-order valence-electron chi connectivity index (χ1n) is 9.19.